The Morgan fingerprint density at radius 2 is 1.91 bits per heavy atom. The molecule has 1 aliphatic heterocycles. The van der Waals surface area contributed by atoms with Crippen LogP contribution in [0.3, 0.4) is 0 Å². The van der Waals surface area contributed by atoms with Crippen LogP contribution in [0.25, 0.3) is 0 Å². The molecule has 2 bridgehead atoms. The first-order chi connectivity index (χ1) is 10.2. The van der Waals surface area contributed by atoms with Crippen molar-refractivity contribution in [3.8, 4) is 6.07 Å². The van der Waals surface area contributed by atoms with E-state index in [1.807, 2.05) is 6.66 Å². The number of hydrogen-bond acceptors (Lipinski definition) is 4. The molecule has 1 saturated heterocycles. The van der Waals surface area contributed by atoms with E-state index in [1.54, 1.807) is 0 Å². The summed E-state index contributed by atoms with van der Waals surface area (Å²) in [5.41, 5.74) is -0.0661. The molecule has 126 valence electrons. The van der Waals surface area contributed by atoms with Gasteiger partial charge < -0.3 is 13.8 Å². The monoisotopic (exact) mass is 327 g/mol. The normalized spacial score (nSPS) is 39.6. The van der Waals surface area contributed by atoms with Crippen LogP contribution in [0.1, 0.15) is 54.4 Å². The van der Waals surface area contributed by atoms with Crippen molar-refractivity contribution in [2.45, 2.75) is 72.2 Å². The van der Waals surface area contributed by atoms with E-state index >= 15 is 0 Å². The molecule has 1 unspecified atom stereocenters. The number of fused-ring (bicyclic) bond motifs is 2. The molecule has 0 aromatic carbocycles. The highest BCUT2D eigenvalue weighted by atomic mass is 31.2. The third kappa shape index (κ3) is 2.33. The number of hydrogen-bond donors (Lipinski definition) is 0. The molecule has 5 heteroatoms. The minimum atomic E-state index is -0.987. The highest BCUT2D eigenvalue weighted by Crippen LogP contribution is 2.71. The van der Waals surface area contributed by atoms with Crippen LogP contribution in [-0.2, 0) is 13.8 Å². The van der Waals surface area contributed by atoms with Gasteiger partial charge in [0, 0.05) is 18.0 Å². The van der Waals surface area contributed by atoms with Crippen LogP contribution in [0.4, 0.5) is 0 Å². The average Bonchev–Trinajstić information content (AvgIpc) is 2.77. The summed E-state index contributed by atoms with van der Waals surface area (Å²) in [4.78, 5) is 0. The Labute approximate surface area is 136 Å². The molecule has 5 atom stereocenters. The van der Waals surface area contributed by atoms with Crippen molar-refractivity contribution in [3.63, 3.8) is 0 Å². The molecule has 2 fully saturated rings. The predicted molar refractivity (Wildman–Crippen MR) is 88.5 cm³/mol. The van der Waals surface area contributed by atoms with Crippen LogP contribution in [0.2, 0.25) is 0 Å². The first-order valence-corrected chi connectivity index (χ1v) is 9.86. The lowest BCUT2D eigenvalue weighted by molar-refractivity contribution is -0.193. The van der Waals surface area contributed by atoms with Gasteiger partial charge in [-0.3, -0.25) is 0 Å². The highest BCUT2D eigenvalue weighted by Gasteiger charge is 2.75. The van der Waals surface area contributed by atoms with Crippen LogP contribution in [-0.4, -0.2) is 31.1 Å². The van der Waals surface area contributed by atoms with E-state index in [4.69, 9.17) is 19.0 Å². The third-order valence-corrected chi connectivity index (χ3v) is 7.53. The SMILES string of the molecule is CC[C@@]12O[C@@H](C)[C@H]([C@@H]1OP(C)OCCC#N)C(C)(C)C2(C)C. The molecular weight excluding hydrogens is 297 g/mol. The van der Waals surface area contributed by atoms with Gasteiger partial charge in [0.2, 0.25) is 0 Å². The Kier molecular flexibility index (Phi) is 4.97. The number of ether oxygens (including phenoxy) is 1. The topological polar surface area (TPSA) is 51.5 Å². The molecular formula is C17H30NO3P. The van der Waals surface area contributed by atoms with E-state index in [0.29, 0.717) is 18.9 Å². The maximum Gasteiger partial charge on any atom is 0.167 e. The van der Waals surface area contributed by atoms with Crippen molar-refractivity contribution in [2.75, 3.05) is 13.3 Å². The highest BCUT2D eigenvalue weighted by molar-refractivity contribution is 7.46. The van der Waals surface area contributed by atoms with Gasteiger partial charge in [0.1, 0.15) is 5.60 Å². The predicted octanol–water partition coefficient (Wildman–Crippen LogP) is 4.49. The molecule has 0 aromatic heterocycles. The van der Waals surface area contributed by atoms with Crippen molar-refractivity contribution in [3.05, 3.63) is 0 Å². The maximum absolute atomic E-state index is 8.62. The van der Waals surface area contributed by atoms with Gasteiger partial charge in [0.05, 0.1) is 31.3 Å². The van der Waals surface area contributed by atoms with Gasteiger partial charge in [0.15, 0.2) is 8.38 Å². The van der Waals surface area contributed by atoms with Crippen molar-refractivity contribution in [1.82, 2.24) is 0 Å². The summed E-state index contributed by atoms with van der Waals surface area (Å²) in [6.45, 7) is 16.1. The Bertz CT molecular complexity index is 459. The van der Waals surface area contributed by atoms with Crippen molar-refractivity contribution >= 4 is 8.38 Å². The maximum atomic E-state index is 8.62. The first-order valence-electron chi connectivity index (χ1n) is 8.24. The summed E-state index contributed by atoms with van der Waals surface area (Å²) in [6, 6.07) is 2.10. The smallest absolute Gasteiger partial charge is 0.167 e. The van der Waals surface area contributed by atoms with Crippen LogP contribution < -0.4 is 0 Å². The molecule has 1 heterocycles. The van der Waals surface area contributed by atoms with E-state index in [2.05, 4.69) is 47.6 Å². The van der Waals surface area contributed by atoms with Crippen LogP contribution in [0.15, 0.2) is 0 Å². The van der Waals surface area contributed by atoms with E-state index in [-0.39, 0.29) is 28.6 Å². The molecule has 0 aromatic rings. The van der Waals surface area contributed by atoms with Gasteiger partial charge in [-0.2, -0.15) is 5.26 Å². The zero-order valence-electron chi connectivity index (χ0n) is 15.0. The van der Waals surface area contributed by atoms with Crippen LogP contribution in [0.5, 0.6) is 0 Å². The summed E-state index contributed by atoms with van der Waals surface area (Å²) in [5, 5.41) is 8.62. The first kappa shape index (κ1) is 18.1. The second-order valence-corrected chi connectivity index (χ2v) is 8.99. The number of nitriles is 1. The zero-order chi connectivity index (χ0) is 16.8. The van der Waals surface area contributed by atoms with Crippen LogP contribution in [0, 0.1) is 28.1 Å². The molecule has 0 radical (unpaired) electrons. The summed E-state index contributed by atoms with van der Waals surface area (Å²) in [6.07, 6.45) is 1.62. The van der Waals surface area contributed by atoms with Gasteiger partial charge in [-0.15, -0.1) is 0 Å². The van der Waals surface area contributed by atoms with E-state index in [9.17, 15) is 0 Å². The summed E-state index contributed by atoms with van der Waals surface area (Å²) in [7, 11) is -0.987. The van der Waals surface area contributed by atoms with E-state index in [0.717, 1.165) is 6.42 Å². The number of rotatable bonds is 6. The number of nitrogens with zero attached hydrogens (tertiary/aromatic N) is 1. The Hall–Kier alpha value is -0.200. The molecule has 1 saturated carbocycles. The lowest BCUT2D eigenvalue weighted by Gasteiger charge is -2.52. The van der Waals surface area contributed by atoms with E-state index < -0.39 is 8.38 Å². The van der Waals surface area contributed by atoms with Gasteiger partial charge >= 0.3 is 0 Å². The van der Waals surface area contributed by atoms with Crippen molar-refractivity contribution in [1.29, 1.82) is 5.26 Å². The quantitative estimate of drug-likeness (QED) is 0.532. The van der Waals surface area contributed by atoms with Crippen molar-refractivity contribution < 1.29 is 13.8 Å². The molecule has 2 rings (SSSR count). The molecule has 2 aliphatic rings. The molecule has 1 aliphatic carbocycles. The Balaban J connectivity index is 2.22. The molecule has 0 N–H and O–H groups in total. The second-order valence-electron chi connectivity index (χ2n) is 7.65. The minimum Gasteiger partial charge on any atom is -0.368 e. The molecule has 0 amide bonds. The summed E-state index contributed by atoms with van der Waals surface area (Å²) in [5.74, 6) is 0.368. The van der Waals surface area contributed by atoms with Gasteiger partial charge in [0.25, 0.3) is 0 Å². The fourth-order valence-corrected chi connectivity index (χ4v) is 5.76. The van der Waals surface area contributed by atoms with Gasteiger partial charge in [-0.25, -0.2) is 0 Å². The Morgan fingerprint density at radius 1 is 1.27 bits per heavy atom. The lowest BCUT2D eigenvalue weighted by atomic mass is 9.60. The molecule has 22 heavy (non-hydrogen) atoms. The average molecular weight is 327 g/mol. The zero-order valence-corrected chi connectivity index (χ0v) is 15.9. The largest absolute Gasteiger partial charge is 0.368 e. The summed E-state index contributed by atoms with van der Waals surface area (Å²) < 4.78 is 18.5. The van der Waals surface area contributed by atoms with E-state index in [1.165, 1.54) is 0 Å². The standard InChI is InChI=1S/C17H30NO3P/c1-8-17-14(21-22(7)19-11-9-10-18)13(12(2)20-17)15(3,4)16(17,5)6/h12-14H,8-9,11H2,1-7H3/t12-,13+,14-,17+,22?/m0/s1. The van der Waals surface area contributed by atoms with Crippen LogP contribution >= 0.6 is 8.38 Å². The lowest BCUT2D eigenvalue weighted by Crippen LogP contribution is -2.54. The van der Waals surface area contributed by atoms with Crippen molar-refractivity contribution in [2.24, 2.45) is 16.7 Å². The van der Waals surface area contributed by atoms with Gasteiger partial charge in [-0.1, -0.05) is 34.6 Å². The third-order valence-electron chi connectivity index (χ3n) is 6.46. The second kappa shape index (κ2) is 6.02. The fraction of sp³-hybridized carbons (Fsp3) is 0.941. The Morgan fingerprint density at radius 3 is 2.45 bits per heavy atom. The van der Waals surface area contributed by atoms with Gasteiger partial charge in [-0.05, 0) is 18.8 Å². The minimum absolute atomic E-state index is 0.0411. The summed E-state index contributed by atoms with van der Waals surface area (Å²) >= 11 is 0. The fourth-order valence-electron chi connectivity index (χ4n) is 4.73. The molecule has 4 nitrogen and oxygen atoms in total. The molecule has 0 spiro atoms.